The van der Waals surface area contributed by atoms with Crippen LogP contribution in [-0.4, -0.2) is 26.6 Å². The van der Waals surface area contributed by atoms with Crippen LogP contribution in [0.25, 0.3) is 0 Å². The molecule has 0 aromatic heterocycles. The Morgan fingerprint density at radius 1 is 1.50 bits per heavy atom. The molecule has 0 heterocycles. The molecule has 0 aliphatic carbocycles. The third kappa shape index (κ3) is 4.50. The minimum Gasteiger partial charge on any atom is -0.494 e. The lowest BCUT2D eigenvalue weighted by Crippen LogP contribution is -2.33. The minimum absolute atomic E-state index is 0. The number of rotatable bonds is 5. The van der Waals surface area contributed by atoms with Crippen LogP contribution < -0.4 is 15.4 Å². The van der Waals surface area contributed by atoms with Gasteiger partial charge < -0.3 is 15.4 Å². The third-order valence-electron chi connectivity index (χ3n) is 2.39. The SMILES string of the molecule is CNCC(=O)NC(C)c1ccc(F)c(OC)c1.Cl. The maximum absolute atomic E-state index is 13.2. The Morgan fingerprint density at radius 3 is 2.72 bits per heavy atom. The summed E-state index contributed by atoms with van der Waals surface area (Å²) in [7, 11) is 3.11. The highest BCUT2D eigenvalue weighted by molar-refractivity contribution is 5.85. The summed E-state index contributed by atoms with van der Waals surface area (Å²) < 4.78 is 18.1. The van der Waals surface area contributed by atoms with Gasteiger partial charge in [-0.2, -0.15) is 0 Å². The molecule has 1 aromatic rings. The Hall–Kier alpha value is -1.33. The molecule has 0 saturated carbocycles. The molecule has 0 spiro atoms. The van der Waals surface area contributed by atoms with Gasteiger partial charge in [-0.1, -0.05) is 6.07 Å². The van der Waals surface area contributed by atoms with Crippen molar-refractivity contribution >= 4 is 18.3 Å². The van der Waals surface area contributed by atoms with E-state index in [1.54, 1.807) is 19.2 Å². The molecule has 0 bridgehead atoms. The minimum atomic E-state index is -0.412. The van der Waals surface area contributed by atoms with Gasteiger partial charge in [-0.25, -0.2) is 4.39 Å². The average molecular weight is 277 g/mol. The van der Waals surface area contributed by atoms with Crippen LogP contribution in [-0.2, 0) is 4.79 Å². The zero-order valence-corrected chi connectivity index (χ0v) is 11.4. The van der Waals surface area contributed by atoms with E-state index in [9.17, 15) is 9.18 Å². The highest BCUT2D eigenvalue weighted by Gasteiger charge is 2.11. The van der Waals surface area contributed by atoms with Gasteiger partial charge in [-0.05, 0) is 31.7 Å². The Morgan fingerprint density at radius 2 is 2.17 bits per heavy atom. The number of benzene rings is 1. The highest BCUT2D eigenvalue weighted by atomic mass is 35.5. The number of hydrogen-bond donors (Lipinski definition) is 2. The topological polar surface area (TPSA) is 50.4 Å². The van der Waals surface area contributed by atoms with Gasteiger partial charge in [-0.3, -0.25) is 4.79 Å². The van der Waals surface area contributed by atoms with Gasteiger partial charge in [0.2, 0.25) is 5.91 Å². The van der Waals surface area contributed by atoms with Gasteiger partial charge in [0.1, 0.15) is 0 Å². The highest BCUT2D eigenvalue weighted by Crippen LogP contribution is 2.22. The smallest absolute Gasteiger partial charge is 0.234 e. The van der Waals surface area contributed by atoms with Crippen LogP contribution in [0.2, 0.25) is 0 Å². The molecular weight excluding hydrogens is 259 g/mol. The van der Waals surface area contributed by atoms with Crippen LogP contribution >= 0.6 is 12.4 Å². The first-order valence-electron chi connectivity index (χ1n) is 5.36. The molecule has 0 fully saturated rings. The summed E-state index contributed by atoms with van der Waals surface area (Å²) >= 11 is 0. The first-order valence-corrected chi connectivity index (χ1v) is 5.36. The lowest BCUT2D eigenvalue weighted by atomic mass is 10.1. The van der Waals surface area contributed by atoms with E-state index in [2.05, 4.69) is 10.6 Å². The van der Waals surface area contributed by atoms with Crippen molar-refractivity contribution in [3.8, 4) is 5.75 Å². The van der Waals surface area contributed by atoms with Crippen molar-refractivity contribution in [3.05, 3.63) is 29.6 Å². The largest absolute Gasteiger partial charge is 0.494 e. The second-order valence-electron chi connectivity index (χ2n) is 3.71. The fourth-order valence-corrected chi connectivity index (χ4v) is 1.48. The van der Waals surface area contributed by atoms with E-state index in [0.29, 0.717) is 0 Å². The molecule has 1 aromatic carbocycles. The first-order chi connectivity index (χ1) is 8.08. The van der Waals surface area contributed by atoms with Gasteiger partial charge in [0.05, 0.1) is 19.7 Å². The number of nitrogens with one attached hydrogen (secondary N) is 2. The molecule has 6 heteroatoms. The van der Waals surface area contributed by atoms with E-state index in [1.165, 1.54) is 13.2 Å². The predicted molar refractivity (Wildman–Crippen MR) is 70.7 cm³/mol. The first kappa shape index (κ1) is 16.7. The lowest BCUT2D eigenvalue weighted by Gasteiger charge is -2.15. The lowest BCUT2D eigenvalue weighted by molar-refractivity contribution is -0.120. The van der Waals surface area contributed by atoms with Crippen LogP contribution in [0, 0.1) is 5.82 Å². The quantitative estimate of drug-likeness (QED) is 0.860. The van der Waals surface area contributed by atoms with Crippen LogP contribution in [0.1, 0.15) is 18.5 Å². The van der Waals surface area contributed by atoms with Crippen LogP contribution in [0.5, 0.6) is 5.75 Å². The molecule has 1 atom stereocenters. The second-order valence-corrected chi connectivity index (χ2v) is 3.71. The fourth-order valence-electron chi connectivity index (χ4n) is 1.48. The number of methoxy groups -OCH3 is 1. The van der Waals surface area contributed by atoms with Crippen molar-refractivity contribution < 1.29 is 13.9 Å². The molecule has 0 saturated heterocycles. The number of likely N-dealkylation sites (N-methyl/N-ethyl adjacent to an activating group) is 1. The van der Waals surface area contributed by atoms with Gasteiger partial charge in [0.25, 0.3) is 0 Å². The van der Waals surface area contributed by atoms with Crippen molar-refractivity contribution in [2.75, 3.05) is 20.7 Å². The van der Waals surface area contributed by atoms with Crippen LogP contribution in [0.4, 0.5) is 4.39 Å². The van der Waals surface area contributed by atoms with Crippen LogP contribution in [0.3, 0.4) is 0 Å². The van der Waals surface area contributed by atoms with Gasteiger partial charge in [-0.15, -0.1) is 12.4 Å². The number of amides is 1. The van der Waals surface area contributed by atoms with E-state index >= 15 is 0 Å². The number of hydrogen-bond acceptors (Lipinski definition) is 3. The molecule has 102 valence electrons. The molecule has 0 aliphatic heterocycles. The molecule has 0 aliphatic rings. The van der Waals surface area contributed by atoms with Gasteiger partial charge >= 0.3 is 0 Å². The summed E-state index contributed by atoms with van der Waals surface area (Å²) in [5.41, 5.74) is 0.799. The molecular formula is C12H18ClFN2O2. The maximum atomic E-state index is 13.2. The van der Waals surface area contributed by atoms with E-state index in [-0.39, 0.29) is 36.7 Å². The van der Waals surface area contributed by atoms with E-state index in [4.69, 9.17) is 4.74 Å². The maximum Gasteiger partial charge on any atom is 0.234 e. The summed E-state index contributed by atoms with van der Waals surface area (Å²) in [6.07, 6.45) is 0. The van der Waals surface area contributed by atoms with Gasteiger partial charge in [0, 0.05) is 0 Å². The Balaban J connectivity index is 0.00000289. The van der Waals surface area contributed by atoms with Crippen LogP contribution in [0.15, 0.2) is 18.2 Å². The fraction of sp³-hybridized carbons (Fsp3) is 0.417. The van der Waals surface area contributed by atoms with Crippen molar-refractivity contribution in [1.29, 1.82) is 0 Å². The summed E-state index contributed by atoms with van der Waals surface area (Å²) in [6.45, 7) is 2.09. The summed E-state index contributed by atoms with van der Waals surface area (Å²) in [5.74, 6) is -0.342. The monoisotopic (exact) mass is 276 g/mol. The molecule has 1 amide bonds. The average Bonchev–Trinajstić information content (AvgIpc) is 2.29. The van der Waals surface area contributed by atoms with Crippen molar-refractivity contribution in [3.63, 3.8) is 0 Å². The second kappa shape index (κ2) is 7.89. The zero-order valence-electron chi connectivity index (χ0n) is 10.6. The van der Waals surface area contributed by atoms with E-state index in [1.807, 2.05) is 6.92 Å². The molecule has 0 radical (unpaired) electrons. The standard InChI is InChI=1S/C12H17FN2O2.ClH/c1-8(15-12(16)7-14-2)9-4-5-10(13)11(6-9)17-3;/h4-6,8,14H,7H2,1-3H3,(H,15,16);1H. The Kier molecular flexibility index (Phi) is 7.31. The summed E-state index contributed by atoms with van der Waals surface area (Å²) in [6, 6.07) is 4.35. The van der Waals surface area contributed by atoms with E-state index < -0.39 is 5.82 Å². The summed E-state index contributed by atoms with van der Waals surface area (Å²) in [4.78, 5) is 11.4. The van der Waals surface area contributed by atoms with Crippen molar-refractivity contribution in [2.45, 2.75) is 13.0 Å². The third-order valence-corrected chi connectivity index (χ3v) is 2.39. The Bertz CT molecular complexity index is 402. The molecule has 4 nitrogen and oxygen atoms in total. The predicted octanol–water partition coefficient (Wildman–Crippen LogP) is 1.65. The van der Waals surface area contributed by atoms with Crippen molar-refractivity contribution in [1.82, 2.24) is 10.6 Å². The number of carbonyl (C=O) groups is 1. The number of carbonyl (C=O) groups excluding carboxylic acids is 1. The molecule has 18 heavy (non-hydrogen) atoms. The van der Waals surface area contributed by atoms with Crippen molar-refractivity contribution in [2.24, 2.45) is 0 Å². The molecule has 1 rings (SSSR count). The Labute approximate surface area is 112 Å². The molecule has 1 unspecified atom stereocenters. The summed E-state index contributed by atoms with van der Waals surface area (Å²) in [5, 5.41) is 5.55. The number of halogens is 2. The molecule has 2 N–H and O–H groups in total. The van der Waals surface area contributed by atoms with Gasteiger partial charge in [0.15, 0.2) is 11.6 Å². The number of ether oxygens (including phenoxy) is 1. The normalized spacial score (nSPS) is 11.3. The van der Waals surface area contributed by atoms with E-state index in [0.717, 1.165) is 5.56 Å². The zero-order chi connectivity index (χ0) is 12.8.